The van der Waals surface area contributed by atoms with E-state index in [1.54, 1.807) is 12.0 Å². The maximum atomic E-state index is 12.3. The van der Waals surface area contributed by atoms with Crippen molar-refractivity contribution in [3.8, 4) is 0 Å². The molecule has 0 radical (unpaired) electrons. The lowest BCUT2D eigenvalue weighted by atomic mass is 10.3. The van der Waals surface area contributed by atoms with E-state index in [0.717, 1.165) is 12.8 Å². The van der Waals surface area contributed by atoms with Gasteiger partial charge in [-0.3, -0.25) is 14.3 Å². The van der Waals surface area contributed by atoms with Crippen molar-refractivity contribution >= 4 is 28.8 Å². The molecule has 0 aromatic carbocycles. The fourth-order valence-electron chi connectivity index (χ4n) is 2.12. The van der Waals surface area contributed by atoms with E-state index in [1.165, 1.54) is 4.57 Å². The molecule has 0 aliphatic carbocycles. The molecule has 0 saturated carbocycles. The smallest absolute Gasteiger partial charge is 0.330 e. The molecule has 0 saturated heterocycles. The van der Waals surface area contributed by atoms with Crippen molar-refractivity contribution < 1.29 is 4.74 Å². The number of thiocarbonyl (C=S) groups is 1. The van der Waals surface area contributed by atoms with Crippen LogP contribution in [0, 0.1) is 0 Å². The molecule has 1 rings (SSSR count). The van der Waals surface area contributed by atoms with E-state index in [0.29, 0.717) is 31.4 Å². The Bertz CT molecular complexity index is 640. The molecule has 130 valence electrons. The summed E-state index contributed by atoms with van der Waals surface area (Å²) < 4.78 is 6.44. The van der Waals surface area contributed by atoms with Crippen molar-refractivity contribution in [2.45, 2.75) is 33.2 Å². The molecule has 1 heterocycles. The lowest BCUT2D eigenvalue weighted by Gasteiger charge is -2.26. The van der Waals surface area contributed by atoms with Crippen LogP contribution >= 0.6 is 12.2 Å². The molecule has 1 aromatic heterocycles. The second kappa shape index (κ2) is 9.31. The lowest BCUT2D eigenvalue weighted by molar-refractivity contribution is 0.207. The number of anilines is 2. The standard InChI is InChI=1S/C14H25N5O3S/c1-4-6-7-19-11(15)10(12(20)17-13(19)21)18(8-9-22-3)14(23)16-5-2/h4-9,15H2,1-3H3,(H,16,23)(H,17,20,21). The van der Waals surface area contributed by atoms with E-state index >= 15 is 0 Å². The van der Waals surface area contributed by atoms with Gasteiger partial charge in [0, 0.05) is 26.7 Å². The Balaban J connectivity index is 3.36. The number of unbranched alkanes of at least 4 members (excludes halogenated alkanes) is 1. The molecule has 0 bridgehead atoms. The summed E-state index contributed by atoms with van der Waals surface area (Å²) in [7, 11) is 1.56. The van der Waals surface area contributed by atoms with Crippen LogP contribution in [0.2, 0.25) is 0 Å². The van der Waals surface area contributed by atoms with Gasteiger partial charge in [0.05, 0.1) is 6.61 Å². The summed E-state index contributed by atoms with van der Waals surface area (Å²) in [6.45, 7) is 5.67. The first kappa shape index (κ1) is 19.2. The number of nitrogens with two attached hydrogens (primary N) is 1. The summed E-state index contributed by atoms with van der Waals surface area (Å²) in [5.41, 5.74) is 5.21. The molecular formula is C14H25N5O3S. The third-order valence-corrected chi connectivity index (χ3v) is 3.68. The average Bonchev–Trinajstić information content (AvgIpc) is 2.50. The molecule has 0 fully saturated rings. The summed E-state index contributed by atoms with van der Waals surface area (Å²) >= 11 is 5.32. The number of nitrogen functional groups attached to an aromatic ring is 1. The average molecular weight is 343 g/mol. The summed E-state index contributed by atoms with van der Waals surface area (Å²) in [6.07, 6.45) is 1.69. The molecule has 0 unspecified atom stereocenters. The Morgan fingerprint density at radius 3 is 2.70 bits per heavy atom. The SMILES string of the molecule is CCCCn1c(N)c(N(CCOC)C(=S)NCC)c(=O)[nH]c1=O. The van der Waals surface area contributed by atoms with Crippen LogP contribution in [0.1, 0.15) is 26.7 Å². The Labute approximate surface area is 140 Å². The largest absolute Gasteiger partial charge is 0.383 e. The van der Waals surface area contributed by atoms with Gasteiger partial charge in [0.2, 0.25) is 0 Å². The molecule has 0 spiro atoms. The van der Waals surface area contributed by atoms with Crippen LogP contribution < -0.4 is 27.2 Å². The highest BCUT2D eigenvalue weighted by atomic mass is 32.1. The van der Waals surface area contributed by atoms with E-state index in [1.807, 2.05) is 13.8 Å². The summed E-state index contributed by atoms with van der Waals surface area (Å²) in [5, 5.41) is 3.35. The second-order valence-corrected chi connectivity index (χ2v) is 5.36. The zero-order valence-corrected chi connectivity index (χ0v) is 14.7. The Morgan fingerprint density at radius 2 is 2.13 bits per heavy atom. The number of ether oxygens (including phenoxy) is 1. The summed E-state index contributed by atoms with van der Waals surface area (Å²) in [6, 6.07) is 0. The van der Waals surface area contributed by atoms with Crippen molar-refractivity contribution in [1.29, 1.82) is 0 Å². The maximum Gasteiger partial charge on any atom is 0.330 e. The molecule has 1 aromatic rings. The first-order valence-electron chi connectivity index (χ1n) is 7.64. The highest BCUT2D eigenvalue weighted by Crippen LogP contribution is 2.17. The van der Waals surface area contributed by atoms with E-state index in [-0.39, 0.29) is 11.5 Å². The van der Waals surface area contributed by atoms with Gasteiger partial charge in [0.1, 0.15) is 5.82 Å². The predicted octanol–water partition coefficient (Wildman–Crippen LogP) is 0.266. The quantitative estimate of drug-likeness (QED) is 0.582. The minimum Gasteiger partial charge on any atom is -0.383 e. The van der Waals surface area contributed by atoms with Gasteiger partial charge in [0.25, 0.3) is 5.56 Å². The lowest BCUT2D eigenvalue weighted by Crippen LogP contribution is -2.46. The molecule has 23 heavy (non-hydrogen) atoms. The van der Waals surface area contributed by atoms with E-state index in [2.05, 4.69) is 10.3 Å². The van der Waals surface area contributed by atoms with Crippen molar-refractivity contribution in [1.82, 2.24) is 14.9 Å². The molecule has 0 aliphatic heterocycles. The number of hydrogen-bond donors (Lipinski definition) is 3. The molecule has 0 amide bonds. The van der Waals surface area contributed by atoms with Gasteiger partial charge in [-0.15, -0.1) is 0 Å². The minimum atomic E-state index is -0.559. The number of methoxy groups -OCH3 is 1. The molecular weight excluding hydrogens is 318 g/mol. The third-order valence-electron chi connectivity index (χ3n) is 3.31. The van der Waals surface area contributed by atoms with Crippen molar-refractivity contribution in [3.63, 3.8) is 0 Å². The normalized spacial score (nSPS) is 10.6. The van der Waals surface area contributed by atoms with Crippen LogP contribution in [0.3, 0.4) is 0 Å². The maximum absolute atomic E-state index is 12.3. The first-order valence-corrected chi connectivity index (χ1v) is 8.05. The fraction of sp³-hybridized carbons (Fsp3) is 0.643. The topological polar surface area (TPSA) is 105 Å². The monoisotopic (exact) mass is 343 g/mol. The Kier molecular flexibility index (Phi) is 7.76. The number of aromatic nitrogens is 2. The van der Waals surface area contributed by atoms with Gasteiger partial charge in [0.15, 0.2) is 10.8 Å². The minimum absolute atomic E-state index is 0.114. The number of hydrogen-bond acceptors (Lipinski definition) is 5. The van der Waals surface area contributed by atoms with Gasteiger partial charge in [-0.25, -0.2) is 4.79 Å². The first-order chi connectivity index (χ1) is 11.0. The number of H-pyrrole nitrogens is 1. The second-order valence-electron chi connectivity index (χ2n) is 4.98. The van der Waals surface area contributed by atoms with E-state index in [4.69, 9.17) is 22.7 Å². The van der Waals surface area contributed by atoms with Gasteiger partial charge < -0.3 is 20.7 Å². The predicted molar refractivity (Wildman–Crippen MR) is 96.1 cm³/mol. The van der Waals surface area contributed by atoms with Gasteiger partial charge in [-0.05, 0) is 25.6 Å². The van der Waals surface area contributed by atoms with E-state index in [9.17, 15) is 9.59 Å². The molecule has 0 aliphatic rings. The van der Waals surface area contributed by atoms with Crippen LogP contribution in [0.4, 0.5) is 11.5 Å². The zero-order valence-electron chi connectivity index (χ0n) is 13.8. The number of aromatic amines is 1. The molecule has 0 atom stereocenters. The third kappa shape index (κ3) is 4.80. The van der Waals surface area contributed by atoms with E-state index < -0.39 is 11.2 Å². The van der Waals surface area contributed by atoms with Crippen LogP contribution in [0.5, 0.6) is 0 Å². The zero-order chi connectivity index (χ0) is 17.4. The van der Waals surface area contributed by atoms with Crippen molar-refractivity contribution in [2.24, 2.45) is 0 Å². The van der Waals surface area contributed by atoms with Crippen LogP contribution in [-0.4, -0.2) is 41.5 Å². The van der Waals surface area contributed by atoms with Crippen LogP contribution in [0.15, 0.2) is 9.59 Å². The Morgan fingerprint density at radius 1 is 1.43 bits per heavy atom. The van der Waals surface area contributed by atoms with Crippen LogP contribution in [-0.2, 0) is 11.3 Å². The fourth-order valence-corrected chi connectivity index (χ4v) is 2.45. The summed E-state index contributed by atoms with van der Waals surface area (Å²) in [5.74, 6) is 0.114. The van der Waals surface area contributed by atoms with Crippen molar-refractivity contribution in [2.75, 3.05) is 37.4 Å². The van der Waals surface area contributed by atoms with Crippen LogP contribution in [0.25, 0.3) is 0 Å². The van der Waals surface area contributed by atoms with Gasteiger partial charge in [-0.1, -0.05) is 13.3 Å². The van der Waals surface area contributed by atoms with Gasteiger partial charge >= 0.3 is 5.69 Å². The van der Waals surface area contributed by atoms with Crippen molar-refractivity contribution in [3.05, 3.63) is 20.8 Å². The number of nitrogens with zero attached hydrogens (tertiary/aromatic N) is 2. The van der Waals surface area contributed by atoms with Gasteiger partial charge in [-0.2, -0.15) is 0 Å². The molecule has 8 nitrogen and oxygen atoms in total. The Hall–Kier alpha value is -1.87. The highest BCUT2D eigenvalue weighted by molar-refractivity contribution is 7.80. The molecule has 9 heteroatoms. The molecule has 4 N–H and O–H groups in total. The number of rotatable bonds is 8. The number of nitrogens with one attached hydrogen (secondary N) is 2. The highest BCUT2D eigenvalue weighted by Gasteiger charge is 2.21. The summed E-state index contributed by atoms with van der Waals surface area (Å²) in [4.78, 5) is 28.1.